The van der Waals surface area contributed by atoms with Crippen molar-refractivity contribution in [2.45, 2.75) is 32.9 Å². The smallest absolute Gasteiger partial charge is 0.257 e. The van der Waals surface area contributed by atoms with Gasteiger partial charge in [0.2, 0.25) is 5.89 Å². The minimum Gasteiger partial charge on any atom is -0.441 e. The van der Waals surface area contributed by atoms with E-state index >= 15 is 0 Å². The van der Waals surface area contributed by atoms with Crippen LogP contribution in [0.5, 0.6) is 0 Å². The van der Waals surface area contributed by atoms with Gasteiger partial charge in [-0.15, -0.1) is 0 Å². The van der Waals surface area contributed by atoms with Gasteiger partial charge in [-0.1, -0.05) is 18.2 Å². The number of oxazole rings is 1. The Kier molecular flexibility index (Phi) is 3.87. The van der Waals surface area contributed by atoms with Crippen molar-refractivity contribution in [2.24, 2.45) is 0 Å². The number of amides is 1. The first kappa shape index (κ1) is 15.6. The molecule has 3 heterocycles. The van der Waals surface area contributed by atoms with Crippen LogP contribution in [0.4, 0.5) is 0 Å². The van der Waals surface area contributed by atoms with Gasteiger partial charge in [0, 0.05) is 30.8 Å². The Balaban J connectivity index is 1.54. The first-order valence-electron chi connectivity index (χ1n) is 8.49. The SMILES string of the molecule is CC(C)n1cc(C(=O)N2CCc3oc(-c4ccccc4)nc3C2)cn1. The number of carbonyl (C=O) groups is 1. The lowest BCUT2D eigenvalue weighted by Crippen LogP contribution is -2.35. The van der Waals surface area contributed by atoms with Crippen molar-refractivity contribution >= 4 is 5.91 Å². The molecule has 128 valence electrons. The molecule has 2 aromatic heterocycles. The molecule has 1 aromatic carbocycles. The number of hydrogen-bond acceptors (Lipinski definition) is 4. The lowest BCUT2D eigenvalue weighted by molar-refractivity contribution is 0.0728. The highest BCUT2D eigenvalue weighted by Gasteiger charge is 2.27. The molecule has 0 unspecified atom stereocenters. The van der Waals surface area contributed by atoms with E-state index in [0.717, 1.165) is 17.0 Å². The first-order valence-corrected chi connectivity index (χ1v) is 8.49. The summed E-state index contributed by atoms with van der Waals surface area (Å²) in [5.41, 5.74) is 2.41. The molecule has 6 nitrogen and oxygen atoms in total. The summed E-state index contributed by atoms with van der Waals surface area (Å²) in [7, 11) is 0. The molecule has 0 bridgehead atoms. The van der Waals surface area contributed by atoms with Gasteiger partial charge in [-0.05, 0) is 26.0 Å². The number of carbonyl (C=O) groups excluding carboxylic acids is 1. The monoisotopic (exact) mass is 336 g/mol. The Morgan fingerprint density at radius 3 is 2.76 bits per heavy atom. The van der Waals surface area contributed by atoms with Crippen LogP contribution in [0.15, 0.2) is 47.1 Å². The summed E-state index contributed by atoms with van der Waals surface area (Å²) in [6.45, 7) is 5.17. The van der Waals surface area contributed by atoms with Gasteiger partial charge in [0.15, 0.2) is 0 Å². The van der Waals surface area contributed by atoms with Crippen LogP contribution in [0.25, 0.3) is 11.5 Å². The maximum atomic E-state index is 12.7. The molecule has 1 aliphatic rings. The maximum Gasteiger partial charge on any atom is 0.257 e. The van der Waals surface area contributed by atoms with Gasteiger partial charge in [-0.3, -0.25) is 9.48 Å². The Hall–Kier alpha value is -2.89. The number of rotatable bonds is 3. The lowest BCUT2D eigenvalue weighted by atomic mass is 10.1. The zero-order valence-corrected chi connectivity index (χ0v) is 14.3. The largest absolute Gasteiger partial charge is 0.441 e. The highest BCUT2D eigenvalue weighted by molar-refractivity contribution is 5.93. The molecule has 25 heavy (non-hydrogen) atoms. The fourth-order valence-corrected chi connectivity index (χ4v) is 2.99. The van der Waals surface area contributed by atoms with E-state index in [0.29, 0.717) is 31.0 Å². The van der Waals surface area contributed by atoms with Crippen LogP contribution in [0, 0.1) is 0 Å². The number of benzene rings is 1. The van der Waals surface area contributed by atoms with E-state index in [1.165, 1.54) is 0 Å². The molecule has 4 rings (SSSR count). The van der Waals surface area contributed by atoms with E-state index in [4.69, 9.17) is 4.42 Å². The van der Waals surface area contributed by atoms with Crippen LogP contribution in [-0.4, -0.2) is 32.1 Å². The summed E-state index contributed by atoms with van der Waals surface area (Å²) in [4.78, 5) is 19.1. The maximum absolute atomic E-state index is 12.7. The van der Waals surface area contributed by atoms with E-state index in [9.17, 15) is 4.79 Å². The van der Waals surface area contributed by atoms with Crippen LogP contribution in [-0.2, 0) is 13.0 Å². The van der Waals surface area contributed by atoms with Crippen molar-refractivity contribution in [3.8, 4) is 11.5 Å². The molecule has 6 heteroatoms. The number of nitrogens with zero attached hydrogens (tertiary/aromatic N) is 4. The fraction of sp³-hybridized carbons (Fsp3) is 0.316. The van der Waals surface area contributed by atoms with E-state index in [2.05, 4.69) is 10.1 Å². The van der Waals surface area contributed by atoms with Gasteiger partial charge < -0.3 is 9.32 Å². The lowest BCUT2D eigenvalue weighted by Gasteiger charge is -2.24. The predicted molar refractivity (Wildman–Crippen MR) is 93.0 cm³/mol. The third-order valence-corrected chi connectivity index (χ3v) is 4.41. The minimum absolute atomic E-state index is 0.0122. The zero-order chi connectivity index (χ0) is 17.4. The molecule has 0 saturated carbocycles. The topological polar surface area (TPSA) is 64.2 Å². The van der Waals surface area contributed by atoms with Crippen molar-refractivity contribution in [3.05, 3.63) is 59.7 Å². The molecule has 3 aromatic rings. The molecular weight excluding hydrogens is 316 g/mol. The van der Waals surface area contributed by atoms with Crippen molar-refractivity contribution in [1.29, 1.82) is 0 Å². The van der Waals surface area contributed by atoms with Gasteiger partial charge in [0.1, 0.15) is 11.5 Å². The third-order valence-electron chi connectivity index (χ3n) is 4.41. The molecule has 0 radical (unpaired) electrons. The van der Waals surface area contributed by atoms with Gasteiger partial charge in [0.25, 0.3) is 5.91 Å². The standard InChI is InChI=1S/C19H20N4O2/c1-13(2)23-11-15(10-20-23)19(24)22-9-8-17-16(12-22)21-18(25-17)14-6-4-3-5-7-14/h3-7,10-11,13H,8-9,12H2,1-2H3. The normalized spacial score (nSPS) is 14.0. The van der Waals surface area contributed by atoms with Crippen molar-refractivity contribution < 1.29 is 9.21 Å². The van der Waals surface area contributed by atoms with Crippen LogP contribution in [0.3, 0.4) is 0 Å². The van der Waals surface area contributed by atoms with E-state index in [-0.39, 0.29) is 11.9 Å². The van der Waals surface area contributed by atoms with E-state index < -0.39 is 0 Å². The van der Waals surface area contributed by atoms with Gasteiger partial charge in [0.05, 0.1) is 18.3 Å². The molecule has 0 saturated heterocycles. The second-order valence-corrected chi connectivity index (χ2v) is 6.53. The van der Waals surface area contributed by atoms with Gasteiger partial charge in [-0.2, -0.15) is 5.10 Å². The number of fused-ring (bicyclic) bond motifs is 1. The second-order valence-electron chi connectivity index (χ2n) is 6.53. The van der Waals surface area contributed by atoms with Crippen LogP contribution < -0.4 is 0 Å². The average molecular weight is 336 g/mol. The Morgan fingerprint density at radius 2 is 2.04 bits per heavy atom. The van der Waals surface area contributed by atoms with E-state index in [1.54, 1.807) is 22.0 Å². The molecule has 0 fully saturated rings. The first-order chi connectivity index (χ1) is 12.1. The Bertz CT molecular complexity index is 895. The summed E-state index contributed by atoms with van der Waals surface area (Å²) >= 11 is 0. The summed E-state index contributed by atoms with van der Waals surface area (Å²) < 4.78 is 7.69. The number of hydrogen-bond donors (Lipinski definition) is 0. The quantitative estimate of drug-likeness (QED) is 0.736. The highest BCUT2D eigenvalue weighted by atomic mass is 16.4. The number of aromatic nitrogens is 3. The minimum atomic E-state index is -0.0122. The van der Waals surface area contributed by atoms with Crippen LogP contribution in [0.1, 0.15) is 41.7 Å². The van der Waals surface area contributed by atoms with E-state index in [1.807, 2.05) is 44.2 Å². The second kappa shape index (κ2) is 6.20. The third kappa shape index (κ3) is 2.95. The van der Waals surface area contributed by atoms with Crippen LogP contribution in [0.2, 0.25) is 0 Å². The van der Waals surface area contributed by atoms with Crippen LogP contribution >= 0.6 is 0 Å². The highest BCUT2D eigenvalue weighted by Crippen LogP contribution is 2.26. The molecule has 1 aliphatic heterocycles. The summed E-state index contributed by atoms with van der Waals surface area (Å²) in [5.74, 6) is 1.48. The Morgan fingerprint density at radius 1 is 1.24 bits per heavy atom. The summed E-state index contributed by atoms with van der Waals surface area (Å²) in [5, 5.41) is 4.25. The van der Waals surface area contributed by atoms with Crippen molar-refractivity contribution in [3.63, 3.8) is 0 Å². The molecule has 1 amide bonds. The molecular formula is C19H20N4O2. The van der Waals surface area contributed by atoms with Gasteiger partial charge in [-0.25, -0.2) is 4.98 Å². The van der Waals surface area contributed by atoms with Crippen molar-refractivity contribution in [2.75, 3.05) is 6.54 Å². The molecule has 0 spiro atoms. The van der Waals surface area contributed by atoms with Crippen molar-refractivity contribution in [1.82, 2.24) is 19.7 Å². The van der Waals surface area contributed by atoms with Gasteiger partial charge >= 0.3 is 0 Å². The molecule has 0 atom stereocenters. The molecule has 0 N–H and O–H groups in total. The average Bonchev–Trinajstić information content (AvgIpc) is 3.28. The Labute approximate surface area is 146 Å². The molecule has 0 aliphatic carbocycles. The summed E-state index contributed by atoms with van der Waals surface area (Å²) in [6.07, 6.45) is 4.12. The zero-order valence-electron chi connectivity index (χ0n) is 14.3. The predicted octanol–water partition coefficient (Wildman–Crippen LogP) is 3.32. The summed E-state index contributed by atoms with van der Waals surface area (Å²) in [6, 6.07) is 10.1. The fourth-order valence-electron chi connectivity index (χ4n) is 2.99.